The van der Waals surface area contributed by atoms with Crippen LogP contribution in [-0.4, -0.2) is 9.97 Å². The van der Waals surface area contributed by atoms with Gasteiger partial charge in [0.1, 0.15) is 0 Å². The standard InChI is InChI=1S/C30H28N2/c1-17-9-19(3)27(20(4)10-17)25-13-23-7-8-24-14-26(16-32-30(24)29(23)31-15-25)28-21(5)11-18(2)12-22(28)6/h7-16H,1-6H3. The Labute approximate surface area is 190 Å². The van der Waals surface area contributed by atoms with Crippen molar-refractivity contribution in [3.8, 4) is 22.3 Å². The zero-order chi connectivity index (χ0) is 22.6. The molecule has 2 aromatic heterocycles. The van der Waals surface area contributed by atoms with Crippen molar-refractivity contribution in [2.75, 3.05) is 0 Å². The third-order valence-corrected chi connectivity index (χ3v) is 6.43. The molecule has 0 aliphatic carbocycles. The first-order valence-electron chi connectivity index (χ1n) is 11.2. The second-order valence-corrected chi connectivity index (χ2v) is 9.20. The Bertz CT molecular complexity index is 1360. The lowest BCUT2D eigenvalue weighted by atomic mass is 9.93. The van der Waals surface area contributed by atoms with E-state index >= 15 is 0 Å². The number of hydrogen-bond donors (Lipinski definition) is 0. The lowest BCUT2D eigenvalue weighted by Gasteiger charge is -2.14. The zero-order valence-corrected chi connectivity index (χ0v) is 19.7. The number of aryl methyl sites for hydroxylation is 6. The molecule has 2 heteroatoms. The molecule has 32 heavy (non-hydrogen) atoms. The van der Waals surface area contributed by atoms with Gasteiger partial charge in [0.25, 0.3) is 0 Å². The number of rotatable bonds is 2. The van der Waals surface area contributed by atoms with Crippen molar-refractivity contribution < 1.29 is 0 Å². The van der Waals surface area contributed by atoms with Gasteiger partial charge >= 0.3 is 0 Å². The minimum Gasteiger partial charge on any atom is -0.253 e. The maximum atomic E-state index is 4.88. The van der Waals surface area contributed by atoms with Crippen molar-refractivity contribution >= 4 is 21.8 Å². The lowest BCUT2D eigenvalue weighted by Crippen LogP contribution is -1.94. The van der Waals surface area contributed by atoms with Crippen LogP contribution in [0, 0.1) is 41.5 Å². The molecule has 5 rings (SSSR count). The molecule has 0 bridgehead atoms. The molecule has 0 spiro atoms. The maximum absolute atomic E-state index is 4.88. The van der Waals surface area contributed by atoms with E-state index in [-0.39, 0.29) is 0 Å². The van der Waals surface area contributed by atoms with E-state index in [4.69, 9.17) is 9.97 Å². The Balaban J connectivity index is 1.66. The molecule has 0 radical (unpaired) electrons. The number of fused-ring (bicyclic) bond motifs is 3. The maximum Gasteiger partial charge on any atom is 0.0965 e. The highest BCUT2D eigenvalue weighted by Gasteiger charge is 2.12. The fourth-order valence-electron chi connectivity index (χ4n) is 5.34. The van der Waals surface area contributed by atoms with E-state index in [1.807, 2.05) is 12.4 Å². The van der Waals surface area contributed by atoms with E-state index in [2.05, 4.69) is 90.1 Å². The summed E-state index contributed by atoms with van der Waals surface area (Å²) in [7, 11) is 0. The number of benzene rings is 3. The summed E-state index contributed by atoms with van der Waals surface area (Å²) >= 11 is 0. The summed E-state index contributed by atoms with van der Waals surface area (Å²) in [6.07, 6.45) is 3.99. The average molecular weight is 417 g/mol. The largest absolute Gasteiger partial charge is 0.253 e. The SMILES string of the molecule is Cc1cc(C)c(-c2cnc3c(ccc4cc(-c5c(C)cc(C)cc5C)cnc43)c2)c(C)c1. The summed E-state index contributed by atoms with van der Waals surface area (Å²) in [5.74, 6) is 0. The van der Waals surface area contributed by atoms with Gasteiger partial charge in [-0.1, -0.05) is 47.5 Å². The summed E-state index contributed by atoms with van der Waals surface area (Å²) in [4.78, 5) is 9.75. The highest BCUT2D eigenvalue weighted by molar-refractivity contribution is 6.04. The Morgan fingerprint density at radius 2 is 0.812 bits per heavy atom. The normalized spacial score (nSPS) is 11.4. The Hall–Kier alpha value is -3.52. The minimum atomic E-state index is 0.956. The first-order valence-corrected chi connectivity index (χ1v) is 11.2. The zero-order valence-electron chi connectivity index (χ0n) is 19.7. The second kappa shape index (κ2) is 7.56. The van der Waals surface area contributed by atoms with Gasteiger partial charge in [0, 0.05) is 34.3 Å². The topological polar surface area (TPSA) is 25.8 Å². The number of aromatic nitrogens is 2. The van der Waals surface area contributed by atoms with Gasteiger partial charge in [-0.15, -0.1) is 0 Å². The van der Waals surface area contributed by atoms with Gasteiger partial charge in [0.15, 0.2) is 0 Å². The van der Waals surface area contributed by atoms with E-state index in [0.29, 0.717) is 0 Å². The Kier molecular flexibility index (Phi) is 4.82. The van der Waals surface area contributed by atoms with Crippen LogP contribution in [0.4, 0.5) is 0 Å². The van der Waals surface area contributed by atoms with Crippen molar-refractivity contribution in [3.05, 3.63) is 94.3 Å². The van der Waals surface area contributed by atoms with Crippen LogP contribution in [0.15, 0.2) is 60.9 Å². The Morgan fingerprint density at radius 3 is 1.16 bits per heavy atom. The van der Waals surface area contributed by atoms with Gasteiger partial charge < -0.3 is 0 Å². The molecule has 0 saturated carbocycles. The molecule has 0 fully saturated rings. The molecule has 3 aromatic carbocycles. The molecule has 158 valence electrons. The third kappa shape index (κ3) is 3.36. The summed E-state index contributed by atoms with van der Waals surface area (Å²) in [6.45, 7) is 13.0. The Morgan fingerprint density at radius 1 is 0.469 bits per heavy atom. The van der Waals surface area contributed by atoms with Crippen molar-refractivity contribution in [3.63, 3.8) is 0 Å². The fourth-order valence-corrected chi connectivity index (χ4v) is 5.34. The predicted octanol–water partition coefficient (Wildman–Crippen LogP) is 7.97. The van der Waals surface area contributed by atoms with Crippen molar-refractivity contribution in [1.29, 1.82) is 0 Å². The molecule has 2 heterocycles. The van der Waals surface area contributed by atoms with E-state index < -0.39 is 0 Å². The van der Waals surface area contributed by atoms with Gasteiger partial charge in [0.05, 0.1) is 11.0 Å². The quantitative estimate of drug-likeness (QED) is 0.273. The van der Waals surface area contributed by atoms with E-state index in [1.165, 1.54) is 44.5 Å². The van der Waals surface area contributed by atoms with Crippen molar-refractivity contribution in [2.45, 2.75) is 41.5 Å². The van der Waals surface area contributed by atoms with Gasteiger partial charge in [0.2, 0.25) is 0 Å². The minimum absolute atomic E-state index is 0.956. The summed E-state index contributed by atoms with van der Waals surface area (Å²) < 4.78 is 0. The summed E-state index contributed by atoms with van der Waals surface area (Å²) in [5.41, 5.74) is 14.5. The molecule has 0 amide bonds. The average Bonchev–Trinajstić information content (AvgIpc) is 2.72. The summed E-state index contributed by atoms with van der Waals surface area (Å²) in [5, 5.41) is 2.25. The second-order valence-electron chi connectivity index (χ2n) is 9.20. The first kappa shape index (κ1) is 20.4. The highest BCUT2D eigenvalue weighted by Crippen LogP contribution is 2.34. The molecule has 0 N–H and O–H groups in total. The van der Waals surface area contributed by atoms with Crippen molar-refractivity contribution in [2.24, 2.45) is 0 Å². The van der Waals surface area contributed by atoms with Gasteiger partial charge in [-0.05, 0) is 87.1 Å². The molecule has 0 aliphatic rings. The van der Waals surface area contributed by atoms with Crippen LogP contribution >= 0.6 is 0 Å². The number of nitrogens with zero attached hydrogens (tertiary/aromatic N) is 2. The number of pyridine rings is 2. The third-order valence-electron chi connectivity index (χ3n) is 6.43. The molecule has 0 saturated heterocycles. The van der Waals surface area contributed by atoms with Crippen molar-refractivity contribution in [1.82, 2.24) is 9.97 Å². The monoisotopic (exact) mass is 416 g/mol. The first-order chi connectivity index (χ1) is 15.3. The summed E-state index contributed by atoms with van der Waals surface area (Å²) in [6, 6.07) is 17.8. The fraction of sp³-hybridized carbons (Fsp3) is 0.200. The molecule has 2 nitrogen and oxygen atoms in total. The van der Waals surface area contributed by atoms with Crippen LogP contribution in [0.25, 0.3) is 44.1 Å². The van der Waals surface area contributed by atoms with Crippen LogP contribution in [-0.2, 0) is 0 Å². The molecular formula is C30H28N2. The molecule has 0 atom stereocenters. The molecule has 0 aliphatic heterocycles. The van der Waals surface area contributed by atoms with E-state index in [9.17, 15) is 0 Å². The lowest BCUT2D eigenvalue weighted by molar-refractivity contribution is 1.30. The van der Waals surface area contributed by atoms with Crippen LogP contribution in [0.1, 0.15) is 33.4 Å². The highest BCUT2D eigenvalue weighted by atomic mass is 14.7. The predicted molar refractivity (Wildman–Crippen MR) is 136 cm³/mol. The van der Waals surface area contributed by atoms with Crippen LogP contribution in [0.5, 0.6) is 0 Å². The van der Waals surface area contributed by atoms with Gasteiger partial charge in [-0.25, -0.2) is 0 Å². The van der Waals surface area contributed by atoms with Crippen LogP contribution in [0.3, 0.4) is 0 Å². The van der Waals surface area contributed by atoms with Crippen LogP contribution < -0.4 is 0 Å². The molecular weight excluding hydrogens is 388 g/mol. The van der Waals surface area contributed by atoms with E-state index in [1.54, 1.807) is 0 Å². The van der Waals surface area contributed by atoms with E-state index in [0.717, 1.165) is 32.9 Å². The molecule has 0 unspecified atom stereocenters. The molecule has 5 aromatic rings. The van der Waals surface area contributed by atoms with Crippen LogP contribution in [0.2, 0.25) is 0 Å². The smallest absolute Gasteiger partial charge is 0.0965 e. The number of hydrogen-bond acceptors (Lipinski definition) is 2. The van der Waals surface area contributed by atoms with Gasteiger partial charge in [-0.2, -0.15) is 0 Å². The van der Waals surface area contributed by atoms with Gasteiger partial charge in [-0.3, -0.25) is 9.97 Å².